The number of rotatable bonds is 6. The van der Waals surface area contributed by atoms with Crippen molar-refractivity contribution in [2.24, 2.45) is 0 Å². The second-order valence-corrected chi connectivity index (χ2v) is 3.23. The van der Waals surface area contributed by atoms with Crippen molar-refractivity contribution in [3.05, 3.63) is 18.0 Å². The topological polar surface area (TPSA) is 41.3 Å². The third-order valence-electron chi connectivity index (χ3n) is 2.35. The summed E-state index contributed by atoms with van der Waals surface area (Å²) in [7, 11) is 0. The summed E-state index contributed by atoms with van der Waals surface area (Å²) in [6.45, 7) is 7.85. The van der Waals surface area contributed by atoms with Crippen LogP contribution in [-0.2, 0) is 13.1 Å². The molecule has 0 atom stereocenters. The molecular formula is C10H19N3O. The van der Waals surface area contributed by atoms with Crippen LogP contribution < -0.4 is 0 Å². The molecule has 0 amide bonds. The number of aryl methyl sites for hydroxylation is 1. The van der Waals surface area contributed by atoms with Gasteiger partial charge in [-0.25, -0.2) is 0 Å². The molecule has 1 aromatic rings. The van der Waals surface area contributed by atoms with E-state index < -0.39 is 0 Å². The quantitative estimate of drug-likeness (QED) is 0.730. The highest BCUT2D eigenvalue weighted by atomic mass is 16.3. The minimum Gasteiger partial charge on any atom is -0.395 e. The summed E-state index contributed by atoms with van der Waals surface area (Å²) in [6, 6.07) is 2.03. The third-order valence-corrected chi connectivity index (χ3v) is 2.35. The molecule has 0 saturated carbocycles. The van der Waals surface area contributed by atoms with Gasteiger partial charge in [-0.1, -0.05) is 6.92 Å². The molecule has 80 valence electrons. The van der Waals surface area contributed by atoms with Gasteiger partial charge in [0, 0.05) is 25.8 Å². The smallest absolute Gasteiger partial charge is 0.0558 e. The lowest BCUT2D eigenvalue weighted by Crippen LogP contribution is -2.27. The first-order valence-electron chi connectivity index (χ1n) is 5.15. The van der Waals surface area contributed by atoms with E-state index in [0.29, 0.717) is 0 Å². The average molecular weight is 197 g/mol. The van der Waals surface area contributed by atoms with Gasteiger partial charge in [0.2, 0.25) is 0 Å². The van der Waals surface area contributed by atoms with Crippen molar-refractivity contribution in [1.29, 1.82) is 0 Å². The zero-order valence-electron chi connectivity index (χ0n) is 8.98. The van der Waals surface area contributed by atoms with Crippen molar-refractivity contribution < 1.29 is 5.11 Å². The predicted molar refractivity (Wildman–Crippen MR) is 55.9 cm³/mol. The van der Waals surface area contributed by atoms with E-state index in [2.05, 4.69) is 23.8 Å². The van der Waals surface area contributed by atoms with E-state index in [-0.39, 0.29) is 6.61 Å². The Balaban J connectivity index is 2.56. The third kappa shape index (κ3) is 2.82. The Morgan fingerprint density at radius 3 is 2.86 bits per heavy atom. The fourth-order valence-corrected chi connectivity index (χ4v) is 1.50. The molecule has 1 heterocycles. The van der Waals surface area contributed by atoms with Gasteiger partial charge in [-0.3, -0.25) is 9.58 Å². The van der Waals surface area contributed by atoms with Crippen LogP contribution in [0.2, 0.25) is 0 Å². The van der Waals surface area contributed by atoms with Gasteiger partial charge in [0.05, 0.1) is 12.3 Å². The van der Waals surface area contributed by atoms with E-state index in [1.54, 1.807) is 0 Å². The molecule has 0 radical (unpaired) electrons. The van der Waals surface area contributed by atoms with Gasteiger partial charge in [-0.2, -0.15) is 5.10 Å². The van der Waals surface area contributed by atoms with Crippen molar-refractivity contribution in [1.82, 2.24) is 14.7 Å². The molecule has 0 aliphatic carbocycles. The maximum Gasteiger partial charge on any atom is 0.0558 e. The van der Waals surface area contributed by atoms with E-state index in [1.165, 1.54) is 5.69 Å². The number of aliphatic hydroxyl groups excluding tert-OH is 1. The van der Waals surface area contributed by atoms with Gasteiger partial charge >= 0.3 is 0 Å². The van der Waals surface area contributed by atoms with Crippen LogP contribution in [-0.4, -0.2) is 39.5 Å². The highest BCUT2D eigenvalue weighted by molar-refractivity contribution is 5.00. The summed E-state index contributed by atoms with van der Waals surface area (Å²) in [4.78, 5) is 2.20. The molecule has 0 bridgehead atoms. The second-order valence-electron chi connectivity index (χ2n) is 3.23. The highest BCUT2D eigenvalue weighted by Gasteiger charge is 2.06. The van der Waals surface area contributed by atoms with Gasteiger partial charge in [0.25, 0.3) is 0 Å². The van der Waals surface area contributed by atoms with Crippen molar-refractivity contribution in [2.45, 2.75) is 26.9 Å². The van der Waals surface area contributed by atoms with Crippen molar-refractivity contribution in [3.63, 3.8) is 0 Å². The zero-order valence-corrected chi connectivity index (χ0v) is 8.98. The normalized spacial score (nSPS) is 11.1. The van der Waals surface area contributed by atoms with E-state index in [0.717, 1.165) is 26.2 Å². The van der Waals surface area contributed by atoms with Crippen LogP contribution in [0.25, 0.3) is 0 Å². The fraction of sp³-hybridized carbons (Fsp3) is 0.700. The summed E-state index contributed by atoms with van der Waals surface area (Å²) < 4.78 is 1.99. The van der Waals surface area contributed by atoms with Crippen LogP contribution in [0.3, 0.4) is 0 Å². The Hall–Kier alpha value is -0.870. The lowest BCUT2D eigenvalue weighted by molar-refractivity contribution is 0.193. The molecular weight excluding hydrogens is 178 g/mol. The Bertz CT molecular complexity index is 260. The molecule has 4 nitrogen and oxygen atoms in total. The molecule has 0 aliphatic heterocycles. The molecule has 0 aromatic carbocycles. The SMILES string of the molecule is CCN(CCO)Cc1ccnn1CC. The molecule has 0 spiro atoms. The number of hydrogen-bond acceptors (Lipinski definition) is 3. The Labute approximate surface area is 85.1 Å². The van der Waals surface area contributed by atoms with Crippen LogP contribution in [0.1, 0.15) is 19.5 Å². The van der Waals surface area contributed by atoms with Crippen molar-refractivity contribution >= 4 is 0 Å². The number of likely N-dealkylation sites (N-methyl/N-ethyl adjacent to an activating group) is 1. The summed E-state index contributed by atoms with van der Waals surface area (Å²) in [5.74, 6) is 0. The second kappa shape index (κ2) is 5.78. The maximum atomic E-state index is 8.86. The average Bonchev–Trinajstić information content (AvgIpc) is 2.64. The van der Waals surface area contributed by atoms with Crippen LogP contribution in [0.4, 0.5) is 0 Å². The van der Waals surface area contributed by atoms with Gasteiger partial charge in [-0.05, 0) is 19.5 Å². The van der Waals surface area contributed by atoms with Gasteiger partial charge in [-0.15, -0.1) is 0 Å². The predicted octanol–water partition coefficient (Wildman–Crippen LogP) is 0.717. The zero-order chi connectivity index (χ0) is 10.4. The first-order valence-corrected chi connectivity index (χ1v) is 5.15. The van der Waals surface area contributed by atoms with Crippen LogP contribution >= 0.6 is 0 Å². The molecule has 14 heavy (non-hydrogen) atoms. The lowest BCUT2D eigenvalue weighted by atomic mass is 10.3. The van der Waals surface area contributed by atoms with Crippen LogP contribution in [0, 0.1) is 0 Å². The maximum absolute atomic E-state index is 8.86. The van der Waals surface area contributed by atoms with Crippen LogP contribution in [0.5, 0.6) is 0 Å². The summed E-state index contributed by atoms with van der Waals surface area (Å²) in [6.07, 6.45) is 1.83. The molecule has 1 aromatic heterocycles. The van der Waals surface area contributed by atoms with Gasteiger partial charge in [0.15, 0.2) is 0 Å². The monoisotopic (exact) mass is 197 g/mol. The number of aromatic nitrogens is 2. The van der Waals surface area contributed by atoms with E-state index in [1.807, 2.05) is 16.9 Å². The standard InChI is InChI=1S/C10H19N3O/c1-3-12(7-8-14)9-10-5-6-11-13(10)4-2/h5-6,14H,3-4,7-9H2,1-2H3. The van der Waals surface area contributed by atoms with Crippen molar-refractivity contribution in [2.75, 3.05) is 19.7 Å². The molecule has 1 N–H and O–H groups in total. The van der Waals surface area contributed by atoms with Gasteiger partial charge < -0.3 is 5.11 Å². The van der Waals surface area contributed by atoms with Crippen molar-refractivity contribution in [3.8, 4) is 0 Å². The molecule has 1 rings (SSSR count). The Morgan fingerprint density at radius 2 is 2.29 bits per heavy atom. The largest absolute Gasteiger partial charge is 0.395 e. The molecule has 0 unspecified atom stereocenters. The fourth-order valence-electron chi connectivity index (χ4n) is 1.50. The summed E-state index contributed by atoms with van der Waals surface area (Å²) in [5, 5.41) is 13.1. The molecule has 4 heteroatoms. The van der Waals surface area contributed by atoms with Crippen LogP contribution in [0.15, 0.2) is 12.3 Å². The highest BCUT2D eigenvalue weighted by Crippen LogP contribution is 2.03. The molecule has 0 fully saturated rings. The Kier molecular flexibility index (Phi) is 4.62. The van der Waals surface area contributed by atoms with E-state index >= 15 is 0 Å². The number of nitrogens with zero attached hydrogens (tertiary/aromatic N) is 3. The molecule has 0 saturated heterocycles. The van der Waals surface area contributed by atoms with E-state index in [9.17, 15) is 0 Å². The molecule has 0 aliphatic rings. The van der Waals surface area contributed by atoms with E-state index in [4.69, 9.17) is 5.11 Å². The summed E-state index contributed by atoms with van der Waals surface area (Å²) >= 11 is 0. The number of hydrogen-bond donors (Lipinski definition) is 1. The summed E-state index contributed by atoms with van der Waals surface area (Å²) in [5.41, 5.74) is 1.21. The van der Waals surface area contributed by atoms with Gasteiger partial charge in [0.1, 0.15) is 0 Å². The minimum absolute atomic E-state index is 0.216. The Morgan fingerprint density at radius 1 is 1.50 bits per heavy atom. The first-order chi connectivity index (χ1) is 6.81. The minimum atomic E-state index is 0.216. The lowest BCUT2D eigenvalue weighted by Gasteiger charge is -2.19. The first kappa shape index (κ1) is 11.2. The number of aliphatic hydroxyl groups is 1.